The second kappa shape index (κ2) is 7.27. The molecule has 1 fully saturated rings. The van der Waals surface area contributed by atoms with Gasteiger partial charge in [-0.25, -0.2) is 4.39 Å². The van der Waals surface area contributed by atoms with E-state index < -0.39 is 0 Å². The Kier molecular flexibility index (Phi) is 5.39. The van der Waals surface area contributed by atoms with Crippen molar-refractivity contribution in [3.05, 3.63) is 29.6 Å². The van der Waals surface area contributed by atoms with E-state index >= 15 is 0 Å². The molecule has 0 radical (unpaired) electrons. The number of aryl methyl sites for hydroxylation is 1. The zero-order chi connectivity index (χ0) is 14.4. The average Bonchev–Trinajstić information content (AvgIpc) is 2.39. The standard InChI is InChI=1S/C16H23FN2O/c1-13-7-8-14(11-15(13)17)18-12-16(20)19-9-5-3-2-4-6-10-19/h7-8,11,18H,2-6,9-10,12H2,1H3. The number of carbonyl (C=O) groups is 1. The number of amides is 1. The Morgan fingerprint density at radius 3 is 2.50 bits per heavy atom. The first-order valence-electron chi connectivity index (χ1n) is 7.44. The molecule has 1 amide bonds. The molecule has 1 N–H and O–H groups in total. The Balaban J connectivity index is 1.85. The van der Waals surface area contributed by atoms with E-state index in [0.717, 1.165) is 25.9 Å². The van der Waals surface area contributed by atoms with Crippen LogP contribution < -0.4 is 5.32 Å². The highest BCUT2D eigenvalue weighted by atomic mass is 19.1. The van der Waals surface area contributed by atoms with Crippen LogP contribution in [0.2, 0.25) is 0 Å². The second-order valence-corrected chi connectivity index (χ2v) is 5.47. The van der Waals surface area contributed by atoms with E-state index in [0.29, 0.717) is 11.3 Å². The molecule has 1 aliphatic heterocycles. The maximum atomic E-state index is 13.4. The Hall–Kier alpha value is -1.58. The number of carbonyl (C=O) groups excluding carboxylic acids is 1. The number of likely N-dealkylation sites (tertiary alicyclic amines) is 1. The van der Waals surface area contributed by atoms with Gasteiger partial charge in [0, 0.05) is 18.8 Å². The smallest absolute Gasteiger partial charge is 0.241 e. The summed E-state index contributed by atoms with van der Waals surface area (Å²) >= 11 is 0. The first-order valence-corrected chi connectivity index (χ1v) is 7.44. The number of nitrogens with one attached hydrogen (secondary N) is 1. The third kappa shape index (κ3) is 4.22. The molecule has 0 atom stereocenters. The van der Waals surface area contributed by atoms with Gasteiger partial charge in [-0.05, 0) is 37.5 Å². The highest BCUT2D eigenvalue weighted by Gasteiger charge is 2.14. The van der Waals surface area contributed by atoms with Crippen molar-refractivity contribution >= 4 is 11.6 Å². The summed E-state index contributed by atoms with van der Waals surface area (Å²) in [5, 5.41) is 3.01. The summed E-state index contributed by atoms with van der Waals surface area (Å²) < 4.78 is 13.4. The van der Waals surface area contributed by atoms with Crippen LogP contribution in [-0.4, -0.2) is 30.4 Å². The molecule has 1 saturated heterocycles. The van der Waals surface area contributed by atoms with Gasteiger partial charge in [0.2, 0.25) is 5.91 Å². The predicted octanol–water partition coefficient (Wildman–Crippen LogP) is 3.34. The van der Waals surface area contributed by atoms with Crippen LogP contribution in [0.1, 0.15) is 37.7 Å². The summed E-state index contributed by atoms with van der Waals surface area (Å²) in [6.07, 6.45) is 5.87. The lowest BCUT2D eigenvalue weighted by Crippen LogP contribution is -2.37. The molecule has 20 heavy (non-hydrogen) atoms. The highest BCUT2D eigenvalue weighted by molar-refractivity contribution is 5.80. The normalized spacial score (nSPS) is 16.4. The topological polar surface area (TPSA) is 32.3 Å². The lowest BCUT2D eigenvalue weighted by atomic mass is 10.1. The quantitative estimate of drug-likeness (QED) is 0.919. The Labute approximate surface area is 120 Å². The monoisotopic (exact) mass is 278 g/mol. The predicted molar refractivity (Wildman–Crippen MR) is 79.3 cm³/mol. The van der Waals surface area contributed by atoms with E-state index in [9.17, 15) is 9.18 Å². The molecule has 0 unspecified atom stereocenters. The first-order chi connectivity index (χ1) is 9.66. The molecule has 1 heterocycles. The van der Waals surface area contributed by atoms with Gasteiger partial charge in [0.1, 0.15) is 5.82 Å². The summed E-state index contributed by atoms with van der Waals surface area (Å²) in [6, 6.07) is 4.97. The lowest BCUT2D eigenvalue weighted by Gasteiger charge is -2.25. The van der Waals surface area contributed by atoms with Gasteiger partial charge in [-0.2, -0.15) is 0 Å². The van der Waals surface area contributed by atoms with E-state index in [-0.39, 0.29) is 18.3 Å². The Morgan fingerprint density at radius 1 is 1.20 bits per heavy atom. The van der Waals surface area contributed by atoms with Crippen LogP contribution in [0.3, 0.4) is 0 Å². The summed E-state index contributed by atoms with van der Waals surface area (Å²) in [7, 11) is 0. The minimum Gasteiger partial charge on any atom is -0.376 e. The Morgan fingerprint density at radius 2 is 1.85 bits per heavy atom. The summed E-state index contributed by atoms with van der Waals surface area (Å²) in [6.45, 7) is 3.67. The van der Waals surface area contributed by atoms with Gasteiger partial charge in [0.05, 0.1) is 6.54 Å². The number of halogens is 1. The van der Waals surface area contributed by atoms with Crippen molar-refractivity contribution < 1.29 is 9.18 Å². The molecule has 1 aromatic carbocycles. The van der Waals surface area contributed by atoms with E-state index in [1.807, 2.05) is 4.90 Å². The van der Waals surface area contributed by atoms with Gasteiger partial charge >= 0.3 is 0 Å². The first kappa shape index (κ1) is 14.8. The van der Waals surface area contributed by atoms with Gasteiger partial charge in [0.15, 0.2) is 0 Å². The van der Waals surface area contributed by atoms with Crippen molar-refractivity contribution in [2.45, 2.75) is 39.0 Å². The molecular weight excluding hydrogens is 255 g/mol. The fourth-order valence-electron chi connectivity index (χ4n) is 2.49. The molecular formula is C16H23FN2O. The number of hydrogen-bond acceptors (Lipinski definition) is 2. The van der Waals surface area contributed by atoms with Gasteiger partial charge in [-0.15, -0.1) is 0 Å². The largest absolute Gasteiger partial charge is 0.376 e. The fourth-order valence-corrected chi connectivity index (χ4v) is 2.49. The molecule has 0 aromatic heterocycles. The van der Waals surface area contributed by atoms with Crippen molar-refractivity contribution in [1.82, 2.24) is 4.90 Å². The van der Waals surface area contributed by atoms with Crippen molar-refractivity contribution in [3.8, 4) is 0 Å². The molecule has 2 rings (SSSR count). The molecule has 0 saturated carbocycles. The van der Waals surface area contributed by atoms with Gasteiger partial charge in [0.25, 0.3) is 0 Å². The van der Waals surface area contributed by atoms with E-state index in [4.69, 9.17) is 0 Å². The zero-order valence-corrected chi connectivity index (χ0v) is 12.1. The van der Waals surface area contributed by atoms with Gasteiger partial charge in [-0.1, -0.05) is 25.3 Å². The fraction of sp³-hybridized carbons (Fsp3) is 0.562. The number of benzene rings is 1. The van der Waals surface area contributed by atoms with Crippen molar-refractivity contribution in [1.29, 1.82) is 0 Å². The number of hydrogen-bond donors (Lipinski definition) is 1. The van der Waals surface area contributed by atoms with Crippen LogP contribution in [0.5, 0.6) is 0 Å². The molecule has 1 aliphatic rings. The van der Waals surface area contributed by atoms with E-state index in [2.05, 4.69) is 5.32 Å². The van der Waals surface area contributed by atoms with Crippen molar-refractivity contribution in [2.24, 2.45) is 0 Å². The molecule has 4 heteroatoms. The zero-order valence-electron chi connectivity index (χ0n) is 12.1. The highest BCUT2D eigenvalue weighted by Crippen LogP contribution is 2.14. The molecule has 110 valence electrons. The Bertz CT molecular complexity index is 454. The number of rotatable bonds is 3. The van der Waals surface area contributed by atoms with Crippen LogP contribution in [-0.2, 0) is 4.79 Å². The van der Waals surface area contributed by atoms with Crippen LogP contribution >= 0.6 is 0 Å². The molecule has 1 aromatic rings. The summed E-state index contributed by atoms with van der Waals surface area (Å²) in [5.74, 6) is -0.137. The van der Waals surface area contributed by atoms with Crippen molar-refractivity contribution in [2.75, 3.05) is 25.0 Å². The molecule has 0 bridgehead atoms. The molecule has 3 nitrogen and oxygen atoms in total. The third-order valence-corrected chi connectivity index (χ3v) is 3.82. The van der Waals surface area contributed by atoms with Crippen molar-refractivity contribution in [3.63, 3.8) is 0 Å². The lowest BCUT2D eigenvalue weighted by molar-refractivity contribution is -0.129. The maximum absolute atomic E-state index is 13.4. The summed E-state index contributed by atoms with van der Waals surface area (Å²) in [4.78, 5) is 14.1. The second-order valence-electron chi connectivity index (χ2n) is 5.47. The maximum Gasteiger partial charge on any atom is 0.241 e. The third-order valence-electron chi connectivity index (χ3n) is 3.82. The van der Waals surface area contributed by atoms with E-state index in [1.54, 1.807) is 19.1 Å². The van der Waals surface area contributed by atoms with Crippen LogP contribution in [0.4, 0.5) is 10.1 Å². The van der Waals surface area contributed by atoms with Crippen LogP contribution in [0, 0.1) is 12.7 Å². The minimum absolute atomic E-state index is 0.105. The molecule has 0 spiro atoms. The molecule has 0 aliphatic carbocycles. The number of nitrogens with zero attached hydrogens (tertiary/aromatic N) is 1. The summed E-state index contributed by atoms with van der Waals surface area (Å²) in [5.41, 5.74) is 1.28. The SMILES string of the molecule is Cc1ccc(NCC(=O)N2CCCCCCC2)cc1F. The minimum atomic E-state index is -0.242. The van der Waals surface area contributed by atoms with Crippen LogP contribution in [0.25, 0.3) is 0 Å². The average molecular weight is 278 g/mol. The number of anilines is 1. The van der Waals surface area contributed by atoms with Gasteiger partial charge in [-0.3, -0.25) is 4.79 Å². The van der Waals surface area contributed by atoms with E-state index in [1.165, 1.54) is 25.3 Å². The van der Waals surface area contributed by atoms with Crippen LogP contribution in [0.15, 0.2) is 18.2 Å². The van der Waals surface area contributed by atoms with Gasteiger partial charge < -0.3 is 10.2 Å².